The Morgan fingerprint density at radius 1 is 0.604 bits per heavy atom. The van der Waals surface area contributed by atoms with E-state index in [0.717, 1.165) is 16.7 Å². The minimum absolute atomic E-state index is 0.0821. The number of fused-ring (bicyclic) bond motifs is 1. The number of carbonyl (C=O) groups is 3. The smallest absolute Gasteiger partial charge is 0.463 e. The molecule has 10 atom stereocenters. The van der Waals surface area contributed by atoms with Crippen molar-refractivity contribution in [2.45, 2.75) is 95.1 Å². The van der Waals surface area contributed by atoms with Gasteiger partial charge in [0.1, 0.15) is 37.1 Å². The Labute approximate surface area is 307 Å². The van der Waals surface area contributed by atoms with Crippen molar-refractivity contribution < 1.29 is 66.5 Å². The van der Waals surface area contributed by atoms with Crippen LogP contribution in [0.5, 0.6) is 0 Å². The molecular formula is C39H44O14. The molecule has 3 heterocycles. The lowest BCUT2D eigenvalue weighted by Crippen LogP contribution is -2.65. The number of benzene rings is 3. The van der Waals surface area contributed by atoms with Gasteiger partial charge in [0.2, 0.25) is 0 Å². The number of ether oxygens (including phenoxy) is 11. The van der Waals surface area contributed by atoms with Crippen molar-refractivity contribution in [3.63, 3.8) is 0 Å². The zero-order chi connectivity index (χ0) is 37.2. The van der Waals surface area contributed by atoms with Crippen LogP contribution < -0.4 is 0 Å². The first kappa shape index (κ1) is 38.3. The predicted octanol–water partition coefficient (Wildman–Crippen LogP) is 4.25. The van der Waals surface area contributed by atoms with Crippen LogP contribution in [0.3, 0.4) is 0 Å². The van der Waals surface area contributed by atoms with E-state index < -0.39 is 79.5 Å². The van der Waals surface area contributed by atoms with Gasteiger partial charge in [0.15, 0.2) is 30.9 Å². The third-order valence-corrected chi connectivity index (χ3v) is 8.89. The van der Waals surface area contributed by atoms with Gasteiger partial charge in [-0.2, -0.15) is 0 Å². The van der Waals surface area contributed by atoms with Crippen molar-refractivity contribution in [2.75, 3.05) is 20.3 Å². The molecule has 0 bridgehead atoms. The Morgan fingerprint density at radius 3 is 1.70 bits per heavy atom. The molecule has 14 nitrogen and oxygen atoms in total. The largest absolute Gasteiger partial charge is 0.509 e. The first-order valence-corrected chi connectivity index (χ1v) is 17.4. The molecule has 0 aromatic heterocycles. The van der Waals surface area contributed by atoms with E-state index >= 15 is 0 Å². The van der Waals surface area contributed by atoms with Crippen LogP contribution in [0.25, 0.3) is 0 Å². The normalized spacial score (nSPS) is 29.4. The summed E-state index contributed by atoms with van der Waals surface area (Å²) < 4.78 is 66.6. The molecule has 6 rings (SSSR count). The van der Waals surface area contributed by atoms with Gasteiger partial charge in [-0.05, 0) is 16.7 Å². The van der Waals surface area contributed by atoms with Gasteiger partial charge in [0.05, 0.1) is 26.4 Å². The zero-order valence-electron chi connectivity index (χ0n) is 29.7. The summed E-state index contributed by atoms with van der Waals surface area (Å²) in [5, 5.41) is 0. The lowest BCUT2D eigenvalue weighted by atomic mass is 9.96. The molecule has 0 spiro atoms. The Kier molecular flexibility index (Phi) is 13.4. The number of methoxy groups -OCH3 is 1. The van der Waals surface area contributed by atoms with Crippen LogP contribution in [0.4, 0.5) is 4.79 Å². The molecular weight excluding hydrogens is 692 g/mol. The summed E-state index contributed by atoms with van der Waals surface area (Å²) in [5.41, 5.74) is 2.74. The average Bonchev–Trinajstić information content (AvgIpc) is 3.56. The number of hydrogen-bond acceptors (Lipinski definition) is 14. The Hall–Kier alpha value is -4.41. The maximum absolute atomic E-state index is 12.6. The third kappa shape index (κ3) is 10.2. The molecule has 3 aromatic rings. The molecule has 53 heavy (non-hydrogen) atoms. The standard InChI is InChI=1S/C39H44O14/c1-24(40)45-23-30-32(48-25(2)41)34-36(53-39(42)52-34)38(50-30)51-33-31(46-20-27-15-9-5-10-16-27)29(22-44-19-26-13-7-4-8-14-26)49-37(43-3)35(33)47-21-28-17-11-6-12-18-28/h4-18,29-38H,19-23H2,1-3H3/t29-,30-,31-,32+,33+,34+,35-,36-,37+,38-/m1/s1. The molecule has 14 heteroatoms. The zero-order valence-corrected chi connectivity index (χ0v) is 29.7. The van der Waals surface area contributed by atoms with Gasteiger partial charge in [-0.3, -0.25) is 9.59 Å². The van der Waals surface area contributed by atoms with E-state index in [9.17, 15) is 14.4 Å². The molecule has 0 amide bonds. The number of rotatable bonds is 16. The maximum Gasteiger partial charge on any atom is 0.509 e. The highest BCUT2D eigenvalue weighted by Gasteiger charge is 2.59. The van der Waals surface area contributed by atoms with E-state index in [1.165, 1.54) is 21.0 Å². The van der Waals surface area contributed by atoms with Gasteiger partial charge in [-0.1, -0.05) is 91.0 Å². The lowest BCUT2D eigenvalue weighted by Gasteiger charge is -2.48. The van der Waals surface area contributed by atoms with E-state index in [4.69, 9.17) is 52.1 Å². The summed E-state index contributed by atoms with van der Waals surface area (Å²) in [7, 11) is 1.49. The first-order valence-electron chi connectivity index (χ1n) is 17.4. The van der Waals surface area contributed by atoms with Crippen molar-refractivity contribution in [3.05, 3.63) is 108 Å². The fraction of sp³-hybridized carbons (Fsp3) is 0.462. The summed E-state index contributed by atoms with van der Waals surface area (Å²) >= 11 is 0. The molecule has 0 saturated carbocycles. The molecule has 0 radical (unpaired) electrons. The highest BCUT2D eigenvalue weighted by atomic mass is 16.8. The molecule has 3 aliphatic heterocycles. The molecule has 3 saturated heterocycles. The van der Waals surface area contributed by atoms with Crippen LogP contribution >= 0.6 is 0 Å². The van der Waals surface area contributed by atoms with Crippen LogP contribution in [0, 0.1) is 0 Å². The quantitative estimate of drug-likeness (QED) is 0.152. The Bertz CT molecular complexity index is 1610. The van der Waals surface area contributed by atoms with Crippen molar-refractivity contribution in [1.29, 1.82) is 0 Å². The SMILES string of the molecule is CO[C@H]1O[C@H](COCc2ccccc2)[C@@H](OCc2ccccc2)[C@H](O[C@H]2O[C@H](COC(C)=O)[C@H](OC(C)=O)[C@@H]3OC(=O)O[C@@H]23)[C@H]1OCc1ccccc1. The summed E-state index contributed by atoms with van der Waals surface area (Å²) in [4.78, 5) is 36.6. The summed E-state index contributed by atoms with van der Waals surface area (Å²) in [6.45, 7) is 2.82. The summed E-state index contributed by atoms with van der Waals surface area (Å²) in [6.07, 6.45) is -11.5. The molecule has 284 valence electrons. The van der Waals surface area contributed by atoms with Gasteiger partial charge < -0.3 is 52.1 Å². The third-order valence-electron chi connectivity index (χ3n) is 8.89. The summed E-state index contributed by atoms with van der Waals surface area (Å²) in [5.74, 6) is -1.26. The second-order valence-electron chi connectivity index (χ2n) is 12.7. The van der Waals surface area contributed by atoms with Crippen LogP contribution in [0.15, 0.2) is 91.0 Å². The lowest BCUT2D eigenvalue weighted by molar-refractivity contribution is -0.361. The van der Waals surface area contributed by atoms with Gasteiger partial charge >= 0.3 is 18.1 Å². The second-order valence-corrected chi connectivity index (χ2v) is 12.7. The van der Waals surface area contributed by atoms with E-state index in [1.54, 1.807) is 0 Å². The number of carbonyl (C=O) groups excluding carboxylic acids is 3. The molecule has 0 unspecified atom stereocenters. The van der Waals surface area contributed by atoms with Crippen LogP contribution in [-0.4, -0.2) is 99.8 Å². The first-order chi connectivity index (χ1) is 25.8. The molecule has 3 fully saturated rings. The monoisotopic (exact) mass is 736 g/mol. The molecule has 3 aliphatic rings. The molecule has 3 aromatic carbocycles. The van der Waals surface area contributed by atoms with Crippen molar-refractivity contribution in [3.8, 4) is 0 Å². The fourth-order valence-corrected chi connectivity index (χ4v) is 6.46. The Balaban J connectivity index is 1.33. The fourth-order valence-electron chi connectivity index (χ4n) is 6.46. The molecule has 0 aliphatic carbocycles. The predicted molar refractivity (Wildman–Crippen MR) is 183 cm³/mol. The van der Waals surface area contributed by atoms with E-state index in [0.29, 0.717) is 6.61 Å². The number of esters is 2. The van der Waals surface area contributed by atoms with E-state index in [2.05, 4.69) is 0 Å². The minimum atomic E-state index is -1.34. The second kappa shape index (κ2) is 18.6. The van der Waals surface area contributed by atoms with Gasteiger partial charge in [-0.15, -0.1) is 0 Å². The van der Waals surface area contributed by atoms with Crippen LogP contribution in [-0.2, 0) is 81.5 Å². The highest BCUT2D eigenvalue weighted by molar-refractivity contribution is 5.67. The van der Waals surface area contributed by atoms with Crippen molar-refractivity contribution in [2.24, 2.45) is 0 Å². The number of hydrogen-bond donors (Lipinski definition) is 0. The van der Waals surface area contributed by atoms with E-state index in [-0.39, 0.29) is 26.4 Å². The summed E-state index contributed by atoms with van der Waals surface area (Å²) in [6, 6.07) is 28.8. The van der Waals surface area contributed by atoms with E-state index in [1.807, 2.05) is 91.0 Å². The topological polar surface area (TPSA) is 153 Å². The van der Waals surface area contributed by atoms with Crippen LogP contribution in [0.2, 0.25) is 0 Å². The molecule has 0 N–H and O–H groups in total. The van der Waals surface area contributed by atoms with Crippen molar-refractivity contribution >= 4 is 18.1 Å². The highest BCUT2D eigenvalue weighted by Crippen LogP contribution is 2.38. The van der Waals surface area contributed by atoms with Gasteiger partial charge in [0, 0.05) is 21.0 Å². The van der Waals surface area contributed by atoms with Gasteiger partial charge in [-0.25, -0.2) is 4.79 Å². The van der Waals surface area contributed by atoms with Gasteiger partial charge in [0.25, 0.3) is 0 Å². The maximum atomic E-state index is 12.6. The average molecular weight is 737 g/mol. The minimum Gasteiger partial charge on any atom is -0.463 e. The Morgan fingerprint density at radius 2 is 1.13 bits per heavy atom. The van der Waals surface area contributed by atoms with Crippen LogP contribution in [0.1, 0.15) is 30.5 Å². The van der Waals surface area contributed by atoms with Crippen molar-refractivity contribution in [1.82, 2.24) is 0 Å².